The number of nitrogens with zero attached hydrogens (tertiary/aromatic N) is 1. The molecule has 0 N–H and O–H groups in total. The van der Waals surface area contributed by atoms with Crippen molar-refractivity contribution in [2.75, 3.05) is 6.61 Å². The maximum Gasteiger partial charge on any atom is 0.201 e. The Bertz CT molecular complexity index is 1450. The minimum absolute atomic E-state index is 0.101. The lowest BCUT2D eigenvalue weighted by Gasteiger charge is -2.12. The summed E-state index contributed by atoms with van der Waals surface area (Å²) >= 11 is 0. The third-order valence-corrected chi connectivity index (χ3v) is 5.94. The van der Waals surface area contributed by atoms with Crippen molar-refractivity contribution in [3.05, 3.63) is 99.4 Å². The van der Waals surface area contributed by atoms with Gasteiger partial charge < -0.3 is 9.15 Å². The number of aryl methyl sites for hydroxylation is 1. The Balaban J connectivity index is 1.62. The van der Waals surface area contributed by atoms with Crippen molar-refractivity contribution in [1.29, 1.82) is 5.26 Å². The van der Waals surface area contributed by atoms with Crippen molar-refractivity contribution in [2.45, 2.75) is 19.8 Å². The van der Waals surface area contributed by atoms with Gasteiger partial charge in [0.1, 0.15) is 17.1 Å². The first-order valence-electron chi connectivity index (χ1n) is 11.1. The van der Waals surface area contributed by atoms with Gasteiger partial charge in [-0.3, -0.25) is 4.79 Å². The summed E-state index contributed by atoms with van der Waals surface area (Å²) in [4.78, 5) is 13.4. The minimum atomic E-state index is -0.101. The van der Waals surface area contributed by atoms with Crippen molar-refractivity contribution >= 4 is 23.1 Å². The summed E-state index contributed by atoms with van der Waals surface area (Å²) < 4.78 is 12.3. The van der Waals surface area contributed by atoms with Crippen molar-refractivity contribution in [3.8, 4) is 22.9 Å². The smallest absolute Gasteiger partial charge is 0.201 e. The average molecular weight is 434 g/mol. The number of rotatable bonds is 6. The zero-order valence-electron chi connectivity index (χ0n) is 18.4. The first-order valence-corrected chi connectivity index (χ1v) is 11.1. The first kappa shape index (κ1) is 20.8. The number of hydrogen-bond donors (Lipinski definition) is 0. The van der Waals surface area contributed by atoms with Gasteiger partial charge in [-0.1, -0.05) is 42.5 Å². The van der Waals surface area contributed by atoms with Crippen LogP contribution in [0.3, 0.4) is 0 Å². The van der Waals surface area contributed by atoms with Crippen LogP contribution < -0.4 is 10.2 Å². The summed E-state index contributed by atoms with van der Waals surface area (Å²) in [6, 6.07) is 22.4. The van der Waals surface area contributed by atoms with Crippen molar-refractivity contribution in [3.63, 3.8) is 0 Å². The minimum Gasteiger partial charge on any atom is -0.492 e. The van der Waals surface area contributed by atoms with Crippen molar-refractivity contribution < 1.29 is 9.15 Å². The summed E-state index contributed by atoms with van der Waals surface area (Å²) in [5.41, 5.74) is 4.18. The molecule has 0 spiro atoms. The molecule has 1 aliphatic carbocycles. The van der Waals surface area contributed by atoms with Crippen LogP contribution >= 0.6 is 0 Å². The highest BCUT2D eigenvalue weighted by Gasteiger charge is 2.22. The van der Waals surface area contributed by atoms with E-state index in [0.717, 1.165) is 23.5 Å². The molecule has 162 valence electrons. The van der Waals surface area contributed by atoms with E-state index in [-0.39, 0.29) is 5.43 Å². The maximum absolute atomic E-state index is 13.4. The molecule has 33 heavy (non-hydrogen) atoms. The van der Waals surface area contributed by atoms with Gasteiger partial charge in [0, 0.05) is 5.56 Å². The molecule has 0 amide bonds. The summed E-state index contributed by atoms with van der Waals surface area (Å²) in [6.45, 7) is 2.77. The quantitative estimate of drug-likeness (QED) is 0.344. The third-order valence-electron chi connectivity index (χ3n) is 5.94. The fraction of sp³-hybridized carbons (Fsp3) is 0.172. The number of fused-ring (bicyclic) bond motifs is 1. The predicted octanol–water partition coefficient (Wildman–Crippen LogP) is 6.60. The molecule has 0 radical (unpaired) electrons. The summed E-state index contributed by atoms with van der Waals surface area (Å²) in [6.07, 6.45) is 6.23. The molecule has 1 heterocycles. The Hall–Kier alpha value is -4.10. The van der Waals surface area contributed by atoms with Gasteiger partial charge in [0.25, 0.3) is 0 Å². The number of ether oxygens (including phenoxy) is 1. The Morgan fingerprint density at radius 2 is 1.82 bits per heavy atom. The van der Waals surface area contributed by atoms with Gasteiger partial charge in [-0.2, -0.15) is 5.26 Å². The highest BCUT2D eigenvalue weighted by Crippen LogP contribution is 2.33. The van der Waals surface area contributed by atoms with E-state index in [9.17, 15) is 4.79 Å². The molecule has 0 aliphatic heterocycles. The second-order valence-electron chi connectivity index (χ2n) is 8.44. The van der Waals surface area contributed by atoms with E-state index in [1.807, 2.05) is 49.4 Å². The lowest BCUT2D eigenvalue weighted by Crippen LogP contribution is -2.07. The Labute approximate surface area is 192 Å². The van der Waals surface area contributed by atoms with Crippen LogP contribution in [0.4, 0.5) is 0 Å². The summed E-state index contributed by atoms with van der Waals surface area (Å²) in [7, 11) is 0. The molecule has 1 saturated carbocycles. The molecule has 0 bridgehead atoms. The zero-order chi connectivity index (χ0) is 22.8. The van der Waals surface area contributed by atoms with E-state index in [1.165, 1.54) is 12.8 Å². The molecule has 0 atom stereocenters. The monoisotopic (exact) mass is 433 g/mol. The van der Waals surface area contributed by atoms with Crippen LogP contribution in [0.1, 0.15) is 35.3 Å². The molecule has 1 fully saturated rings. The maximum atomic E-state index is 13.4. The Morgan fingerprint density at radius 3 is 2.58 bits per heavy atom. The topological polar surface area (TPSA) is 63.2 Å². The fourth-order valence-corrected chi connectivity index (χ4v) is 3.92. The zero-order valence-corrected chi connectivity index (χ0v) is 18.4. The van der Waals surface area contributed by atoms with Gasteiger partial charge in [0.2, 0.25) is 5.43 Å². The van der Waals surface area contributed by atoms with Gasteiger partial charge in [0.15, 0.2) is 0 Å². The second-order valence-corrected chi connectivity index (χ2v) is 8.44. The third kappa shape index (κ3) is 4.31. The Kier molecular flexibility index (Phi) is 5.54. The number of nitriles is 1. The lowest BCUT2D eigenvalue weighted by atomic mass is 10.00. The van der Waals surface area contributed by atoms with E-state index >= 15 is 0 Å². The SMILES string of the molecule is Cc1cccc(C=Cc2oc3ccccc3c(=O)c2-c2ccc(C#N)cc2)c1OCC1CC1. The molecule has 1 aliphatic rings. The van der Waals surface area contributed by atoms with E-state index in [0.29, 0.717) is 39.3 Å². The summed E-state index contributed by atoms with van der Waals surface area (Å²) in [5, 5.41) is 9.66. The van der Waals surface area contributed by atoms with E-state index in [1.54, 1.807) is 36.4 Å². The normalized spacial score (nSPS) is 13.3. The largest absolute Gasteiger partial charge is 0.492 e. The molecular weight excluding hydrogens is 410 g/mol. The standard InChI is InChI=1S/C29H23NO3/c1-19-5-4-6-23(29(19)32-18-21-9-10-21)15-16-26-27(22-13-11-20(17-30)12-14-22)28(31)24-7-2-3-8-25(24)33-26/h2-8,11-16,21H,9-10,18H2,1H3. The molecule has 3 aromatic carbocycles. The van der Waals surface area contributed by atoms with Crippen LogP contribution in [-0.2, 0) is 0 Å². The van der Waals surface area contributed by atoms with Crippen LogP contribution in [0.25, 0.3) is 34.2 Å². The molecule has 0 unspecified atom stereocenters. The van der Waals surface area contributed by atoms with Gasteiger partial charge in [-0.15, -0.1) is 0 Å². The van der Waals surface area contributed by atoms with Gasteiger partial charge in [0.05, 0.1) is 29.2 Å². The van der Waals surface area contributed by atoms with Gasteiger partial charge >= 0.3 is 0 Å². The second kappa shape index (κ2) is 8.80. The lowest BCUT2D eigenvalue weighted by molar-refractivity contribution is 0.297. The fourth-order valence-electron chi connectivity index (χ4n) is 3.92. The first-order chi connectivity index (χ1) is 16.1. The molecule has 1 aromatic heterocycles. The van der Waals surface area contributed by atoms with Gasteiger partial charge in [-0.05, 0) is 73.2 Å². The molecule has 4 nitrogen and oxygen atoms in total. The van der Waals surface area contributed by atoms with Crippen molar-refractivity contribution in [2.24, 2.45) is 5.92 Å². The number of para-hydroxylation sites is 2. The molecule has 4 heteroatoms. The summed E-state index contributed by atoms with van der Waals surface area (Å²) in [5.74, 6) is 1.99. The average Bonchev–Trinajstić information content (AvgIpc) is 3.67. The van der Waals surface area contributed by atoms with Crippen LogP contribution in [0, 0.1) is 24.2 Å². The molecule has 5 rings (SSSR count). The number of hydrogen-bond acceptors (Lipinski definition) is 4. The van der Waals surface area contributed by atoms with Crippen LogP contribution in [0.15, 0.2) is 75.9 Å². The van der Waals surface area contributed by atoms with Crippen LogP contribution in [0.2, 0.25) is 0 Å². The van der Waals surface area contributed by atoms with Gasteiger partial charge in [-0.25, -0.2) is 0 Å². The van der Waals surface area contributed by atoms with Crippen molar-refractivity contribution in [1.82, 2.24) is 0 Å². The molecular formula is C29H23NO3. The molecule has 0 saturated heterocycles. The highest BCUT2D eigenvalue weighted by atomic mass is 16.5. The van der Waals surface area contributed by atoms with E-state index in [4.69, 9.17) is 14.4 Å². The highest BCUT2D eigenvalue weighted by molar-refractivity contribution is 5.87. The van der Waals surface area contributed by atoms with Crippen LogP contribution in [0.5, 0.6) is 5.75 Å². The van der Waals surface area contributed by atoms with Crippen LogP contribution in [-0.4, -0.2) is 6.61 Å². The Morgan fingerprint density at radius 1 is 1.03 bits per heavy atom. The van der Waals surface area contributed by atoms with E-state index < -0.39 is 0 Å². The number of benzene rings is 3. The van der Waals surface area contributed by atoms with E-state index in [2.05, 4.69) is 6.07 Å². The molecule has 4 aromatic rings. The predicted molar refractivity (Wildman–Crippen MR) is 131 cm³/mol.